The van der Waals surface area contributed by atoms with Gasteiger partial charge in [0.25, 0.3) is 0 Å². The molecule has 2 N–H and O–H groups in total. The van der Waals surface area contributed by atoms with E-state index in [1.807, 2.05) is 18.2 Å². The van der Waals surface area contributed by atoms with Crippen molar-refractivity contribution in [2.75, 3.05) is 12.8 Å². The Hall–Kier alpha value is -1.96. The van der Waals surface area contributed by atoms with E-state index < -0.39 is 0 Å². The van der Waals surface area contributed by atoms with E-state index >= 15 is 0 Å². The van der Waals surface area contributed by atoms with E-state index in [4.69, 9.17) is 10.5 Å². The molecule has 0 radical (unpaired) electrons. The molecule has 2 aromatic carbocycles. The summed E-state index contributed by atoms with van der Waals surface area (Å²) in [5.41, 5.74) is 11.2. The molecule has 0 bridgehead atoms. The highest BCUT2D eigenvalue weighted by Crippen LogP contribution is 2.30. The number of methoxy groups -OCH3 is 1. The average molecular weight is 227 g/mol. The van der Waals surface area contributed by atoms with Crippen LogP contribution in [-0.4, -0.2) is 7.11 Å². The SMILES string of the molecule is COc1c(C)cc(-c2cccc(N)c2)cc1C. The van der Waals surface area contributed by atoms with E-state index in [1.54, 1.807) is 7.11 Å². The molecule has 17 heavy (non-hydrogen) atoms. The lowest BCUT2D eigenvalue weighted by Gasteiger charge is -2.11. The first-order valence-corrected chi connectivity index (χ1v) is 5.63. The third kappa shape index (κ3) is 2.26. The van der Waals surface area contributed by atoms with Crippen LogP contribution in [0.5, 0.6) is 5.75 Å². The monoisotopic (exact) mass is 227 g/mol. The highest BCUT2D eigenvalue weighted by molar-refractivity contribution is 5.70. The Labute approximate surface area is 102 Å². The topological polar surface area (TPSA) is 35.2 Å². The molecule has 2 aromatic rings. The zero-order chi connectivity index (χ0) is 12.4. The van der Waals surface area contributed by atoms with E-state index in [1.165, 1.54) is 5.56 Å². The smallest absolute Gasteiger partial charge is 0.124 e. The van der Waals surface area contributed by atoms with Crippen molar-refractivity contribution in [1.82, 2.24) is 0 Å². The molecule has 0 unspecified atom stereocenters. The highest BCUT2D eigenvalue weighted by atomic mass is 16.5. The molecule has 2 nitrogen and oxygen atoms in total. The fraction of sp³-hybridized carbons (Fsp3) is 0.200. The van der Waals surface area contributed by atoms with Gasteiger partial charge in [-0.25, -0.2) is 0 Å². The van der Waals surface area contributed by atoms with Crippen molar-refractivity contribution in [2.24, 2.45) is 0 Å². The molecule has 2 heteroatoms. The molecular formula is C15H17NO. The summed E-state index contributed by atoms with van der Waals surface area (Å²) in [5.74, 6) is 0.956. The minimum atomic E-state index is 0.786. The summed E-state index contributed by atoms with van der Waals surface area (Å²) in [6, 6.07) is 12.2. The zero-order valence-corrected chi connectivity index (χ0v) is 10.4. The quantitative estimate of drug-likeness (QED) is 0.796. The first-order valence-electron chi connectivity index (χ1n) is 5.63. The van der Waals surface area contributed by atoms with Gasteiger partial charge in [-0.2, -0.15) is 0 Å². The van der Waals surface area contributed by atoms with Gasteiger partial charge in [0, 0.05) is 5.69 Å². The lowest BCUT2D eigenvalue weighted by molar-refractivity contribution is 0.408. The van der Waals surface area contributed by atoms with Crippen molar-refractivity contribution < 1.29 is 4.74 Å². The molecule has 0 aliphatic heterocycles. The highest BCUT2D eigenvalue weighted by Gasteiger charge is 2.06. The van der Waals surface area contributed by atoms with Crippen LogP contribution in [-0.2, 0) is 0 Å². The molecule has 0 saturated heterocycles. The average Bonchev–Trinajstić information content (AvgIpc) is 2.28. The van der Waals surface area contributed by atoms with Gasteiger partial charge in [-0.15, -0.1) is 0 Å². The van der Waals surface area contributed by atoms with E-state index in [0.717, 1.165) is 28.1 Å². The Kier molecular flexibility index (Phi) is 3.05. The maximum Gasteiger partial charge on any atom is 0.124 e. The second-order valence-corrected chi connectivity index (χ2v) is 4.27. The number of rotatable bonds is 2. The van der Waals surface area contributed by atoms with Crippen LogP contribution in [0.3, 0.4) is 0 Å². The van der Waals surface area contributed by atoms with Gasteiger partial charge in [-0.1, -0.05) is 12.1 Å². The standard InChI is InChI=1S/C15H17NO/c1-10-7-13(8-11(2)15(10)17-3)12-5-4-6-14(16)9-12/h4-9H,16H2,1-3H3. The molecule has 0 aromatic heterocycles. The molecule has 0 saturated carbocycles. The number of ether oxygens (including phenoxy) is 1. The Morgan fingerprint density at radius 3 is 2.12 bits per heavy atom. The summed E-state index contributed by atoms with van der Waals surface area (Å²) in [6.07, 6.45) is 0. The van der Waals surface area contributed by atoms with Crippen LogP contribution in [0, 0.1) is 13.8 Å². The molecule has 0 aliphatic carbocycles. The van der Waals surface area contributed by atoms with Gasteiger partial charge in [0.05, 0.1) is 7.11 Å². The van der Waals surface area contributed by atoms with Crippen molar-refractivity contribution in [3.63, 3.8) is 0 Å². The molecule has 88 valence electrons. The summed E-state index contributed by atoms with van der Waals surface area (Å²) in [6.45, 7) is 4.11. The maximum absolute atomic E-state index is 5.80. The fourth-order valence-electron chi connectivity index (χ4n) is 2.16. The first kappa shape index (κ1) is 11.5. The third-order valence-corrected chi connectivity index (χ3v) is 2.88. The Morgan fingerprint density at radius 1 is 0.941 bits per heavy atom. The summed E-state index contributed by atoms with van der Waals surface area (Å²) >= 11 is 0. The van der Waals surface area contributed by atoms with Crippen molar-refractivity contribution in [1.29, 1.82) is 0 Å². The van der Waals surface area contributed by atoms with E-state index in [9.17, 15) is 0 Å². The van der Waals surface area contributed by atoms with Gasteiger partial charge in [0.1, 0.15) is 5.75 Å². The summed E-state index contributed by atoms with van der Waals surface area (Å²) in [4.78, 5) is 0. The number of benzene rings is 2. The van der Waals surface area contributed by atoms with Gasteiger partial charge in [0.2, 0.25) is 0 Å². The number of aryl methyl sites for hydroxylation is 2. The van der Waals surface area contributed by atoms with Crippen LogP contribution < -0.4 is 10.5 Å². The van der Waals surface area contributed by atoms with Crippen molar-refractivity contribution >= 4 is 5.69 Å². The van der Waals surface area contributed by atoms with Crippen LogP contribution in [0.2, 0.25) is 0 Å². The number of hydrogen-bond acceptors (Lipinski definition) is 2. The first-order chi connectivity index (χ1) is 8.11. The van der Waals surface area contributed by atoms with E-state index in [2.05, 4.69) is 32.0 Å². The largest absolute Gasteiger partial charge is 0.496 e. The molecule has 0 aliphatic rings. The van der Waals surface area contributed by atoms with E-state index in [0.29, 0.717) is 0 Å². The Bertz CT molecular complexity index is 523. The molecule has 2 rings (SSSR count). The normalized spacial score (nSPS) is 10.3. The fourth-order valence-corrected chi connectivity index (χ4v) is 2.16. The third-order valence-electron chi connectivity index (χ3n) is 2.88. The second-order valence-electron chi connectivity index (χ2n) is 4.27. The molecule has 0 spiro atoms. The van der Waals surface area contributed by atoms with Crippen LogP contribution in [0.1, 0.15) is 11.1 Å². The lowest BCUT2D eigenvalue weighted by Crippen LogP contribution is -1.92. The van der Waals surface area contributed by atoms with Crippen molar-refractivity contribution in [3.8, 4) is 16.9 Å². The summed E-state index contributed by atoms with van der Waals surface area (Å²) in [5, 5.41) is 0. The van der Waals surface area contributed by atoms with Crippen LogP contribution in [0.4, 0.5) is 5.69 Å². The number of nitrogen functional groups attached to an aromatic ring is 1. The van der Waals surface area contributed by atoms with Gasteiger partial charge >= 0.3 is 0 Å². The van der Waals surface area contributed by atoms with Gasteiger partial charge < -0.3 is 10.5 Å². The number of hydrogen-bond donors (Lipinski definition) is 1. The lowest BCUT2D eigenvalue weighted by atomic mass is 9.99. The minimum absolute atomic E-state index is 0.786. The van der Waals surface area contributed by atoms with Gasteiger partial charge in [0.15, 0.2) is 0 Å². The molecule has 0 heterocycles. The van der Waals surface area contributed by atoms with Crippen LogP contribution in [0.15, 0.2) is 36.4 Å². The Morgan fingerprint density at radius 2 is 1.59 bits per heavy atom. The summed E-state index contributed by atoms with van der Waals surface area (Å²) < 4.78 is 5.37. The molecule has 0 fully saturated rings. The number of nitrogens with two attached hydrogens (primary N) is 1. The Balaban J connectivity index is 2.54. The van der Waals surface area contributed by atoms with Gasteiger partial charge in [-0.3, -0.25) is 0 Å². The molecular weight excluding hydrogens is 210 g/mol. The van der Waals surface area contributed by atoms with Crippen LogP contribution >= 0.6 is 0 Å². The molecule has 0 atom stereocenters. The predicted octanol–water partition coefficient (Wildman–Crippen LogP) is 3.56. The van der Waals surface area contributed by atoms with Crippen molar-refractivity contribution in [3.05, 3.63) is 47.5 Å². The zero-order valence-electron chi connectivity index (χ0n) is 10.4. The van der Waals surface area contributed by atoms with Crippen LogP contribution in [0.25, 0.3) is 11.1 Å². The summed E-state index contributed by atoms with van der Waals surface area (Å²) in [7, 11) is 1.70. The molecule has 0 amide bonds. The number of anilines is 1. The maximum atomic E-state index is 5.80. The van der Waals surface area contributed by atoms with Gasteiger partial charge in [-0.05, 0) is 60.4 Å². The van der Waals surface area contributed by atoms with E-state index in [-0.39, 0.29) is 0 Å². The minimum Gasteiger partial charge on any atom is -0.496 e. The van der Waals surface area contributed by atoms with Crippen molar-refractivity contribution in [2.45, 2.75) is 13.8 Å². The predicted molar refractivity (Wildman–Crippen MR) is 72.3 cm³/mol. The second kappa shape index (κ2) is 4.50.